The maximum Gasteiger partial charge on any atom is 0.260 e. The number of hydrogen-bond acceptors (Lipinski definition) is 5. The molecule has 2 aromatic carbocycles. The number of nitrogens with zero attached hydrogens (tertiary/aromatic N) is 3. The van der Waals surface area contributed by atoms with Gasteiger partial charge in [-0.15, -0.1) is 0 Å². The minimum atomic E-state index is -0.570. The highest BCUT2D eigenvalue weighted by atomic mass is 79.9. The van der Waals surface area contributed by atoms with Gasteiger partial charge in [0.2, 0.25) is 0 Å². The highest BCUT2D eigenvalue weighted by Crippen LogP contribution is 2.30. The van der Waals surface area contributed by atoms with E-state index < -0.39 is 6.10 Å². The Morgan fingerprint density at radius 3 is 2.70 bits per heavy atom. The summed E-state index contributed by atoms with van der Waals surface area (Å²) < 4.78 is 8.18. The third kappa shape index (κ3) is 5.64. The number of rotatable bonds is 9. The Labute approximate surface area is 205 Å². The molecule has 1 amide bonds. The third-order valence-corrected chi connectivity index (χ3v) is 5.85. The van der Waals surface area contributed by atoms with Crippen LogP contribution in [-0.4, -0.2) is 39.7 Å². The number of ether oxygens (including phenoxy) is 1. The third-order valence-electron chi connectivity index (χ3n) is 4.96. The second kappa shape index (κ2) is 10.7. The lowest BCUT2D eigenvalue weighted by atomic mass is 10.1. The van der Waals surface area contributed by atoms with Crippen LogP contribution in [0.25, 0.3) is 16.9 Å². The van der Waals surface area contributed by atoms with Crippen molar-refractivity contribution in [1.29, 1.82) is 0 Å². The molecule has 2 N–H and O–H groups in total. The summed E-state index contributed by atoms with van der Waals surface area (Å²) in [5.41, 5.74) is 2.28. The summed E-state index contributed by atoms with van der Waals surface area (Å²) in [6, 6.07) is 18.8. The van der Waals surface area contributed by atoms with Gasteiger partial charge in [-0.05, 0) is 47.5 Å². The van der Waals surface area contributed by atoms with E-state index in [4.69, 9.17) is 21.3 Å². The maximum atomic E-state index is 12.3. The van der Waals surface area contributed by atoms with Crippen LogP contribution in [0.5, 0.6) is 5.75 Å². The van der Waals surface area contributed by atoms with E-state index in [1.807, 2.05) is 60.7 Å². The van der Waals surface area contributed by atoms with Gasteiger partial charge in [-0.25, -0.2) is 4.98 Å². The van der Waals surface area contributed by atoms with Crippen LogP contribution < -0.4 is 15.4 Å². The summed E-state index contributed by atoms with van der Waals surface area (Å²) >= 11 is 9.89. The van der Waals surface area contributed by atoms with Crippen LogP contribution in [0.1, 0.15) is 13.3 Å². The summed E-state index contributed by atoms with van der Waals surface area (Å²) in [7, 11) is 0. The van der Waals surface area contributed by atoms with Gasteiger partial charge in [0.05, 0.1) is 16.4 Å². The lowest BCUT2D eigenvalue weighted by Crippen LogP contribution is -2.37. The van der Waals surface area contributed by atoms with Crippen LogP contribution in [0.15, 0.2) is 71.3 Å². The van der Waals surface area contributed by atoms with E-state index in [0.717, 1.165) is 28.0 Å². The number of anilines is 1. The van der Waals surface area contributed by atoms with Crippen molar-refractivity contribution in [3.05, 3.63) is 76.4 Å². The highest BCUT2D eigenvalue weighted by Gasteiger charge is 2.15. The molecule has 0 aliphatic heterocycles. The lowest BCUT2D eigenvalue weighted by molar-refractivity contribution is -0.127. The van der Waals surface area contributed by atoms with Crippen molar-refractivity contribution in [2.45, 2.75) is 19.4 Å². The number of benzene rings is 2. The summed E-state index contributed by atoms with van der Waals surface area (Å²) in [5.74, 6) is 1.30. The van der Waals surface area contributed by atoms with Crippen molar-refractivity contribution in [2.24, 2.45) is 0 Å². The zero-order valence-electron chi connectivity index (χ0n) is 18.0. The minimum Gasteiger partial charge on any atom is -0.481 e. The lowest BCUT2D eigenvalue weighted by Gasteiger charge is -2.15. The zero-order chi connectivity index (χ0) is 23.2. The van der Waals surface area contributed by atoms with Crippen LogP contribution >= 0.6 is 27.5 Å². The Morgan fingerprint density at radius 2 is 1.91 bits per heavy atom. The van der Waals surface area contributed by atoms with E-state index in [2.05, 4.69) is 31.7 Å². The van der Waals surface area contributed by atoms with Gasteiger partial charge in [-0.3, -0.25) is 4.79 Å². The van der Waals surface area contributed by atoms with Crippen molar-refractivity contribution >= 4 is 44.9 Å². The van der Waals surface area contributed by atoms with Crippen LogP contribution in [-0.2, 0) is 4.79 Å². The standard InChI is InChI=1S/C24H23BrClN5O2/c1-16(33-17-8-3-2-4-9-17)24(32)28-13-7-12-27-22-14-21(18-10-5-6-11-20(18)26)30-23-19(25)15-29-31(22)23/h2-6,8-11,14-16,27H,7,12-13H2,1H3,(H,28,32). The number of halogens is 2. The highest BCUT2D eigenvalue weighted by molar-refractivity contribution is 9.10. The molecule has 2 aromatic heterocycles. The van der Waals surface area contributed by atoms with Crippen LogP contribution in [0.3, 0.4) is 0 Å². The summed E-state index contributed by atoms with van der Waals surface area (Å²) in [6.45, 7) is 2.88. The monoisotopic (exact) mass is 527 g/mol. The molecule has 0 saturated carbocycles. The topological polar surface area (TPSA) is 80.5 Å². The van der Waals surface area contributed by atoms with E-state index in [9.17, 15) is 4.79 Å². The predicted octanol–water partition coefficient (Wildman–Crippen LogP) is 5.20. The van der Waals surface area contributed by atoms with Gasteiger partial charge >= 0.3 is 0 Å². The van der Waals surface area contributed by atoms with Crippen molar-refractivity contribution < 1.29 is 9.53 Å². The van der Waals surface area contributed by atoms with Gasteiger partial charge < -0.3 is 15.4 Å². The van der Waals surface area contributed by atoms with Crippen LogP contribution in [0.4, 0.5) is 5.82 Å². The fraction of sp³-hybridized carbons (Fsp3) is 0.208. The maximum absolute atomic E-state index is 12.3. The summed E-state index contributed by atoms with van der Waals surface area (Å²) in [5, 5.41) is 11.3. The molecule has 4 aromatic rings. The van der Waals surface area contributed by atoms with Gasteiger partial charge in [-0.2, -0.15) is 9.61 Å². The van der Waals surface area contributed by atoms with Crippen molar-refractivity contribution in [2.75, 3.05) is 18.4 Å². The largest absolute Gasteiger partial charge is 0.481 e. The fourth-order valence-electron chi connectivity index (χ4n) is 3.29. The molecule has 9 heteroatoms. The first kappa shape index (κ1) is 23.1. The van der Waals surface area contributed by atoms with Gasteiger partial charge in [0.15, 0.2) is 11.8 Å². The molecule has 4 rings (SSSR count). The molecule has 33 heavy (non-hydrogen) atoms. The summed E-state index contributed by atoms with van der Waals surface area (Å²) in [6.07, 6.45) is 1.86. The first-order valence-corrected chi connectivity index (χ1v) is 11.7. The van der Waals surface area contributed by atoms with E-state index in [1.165, 1.54) is 0 Å². The molecular formula is C24H23BrClN5O2. The number of fused-ring (bicyclic) bond motifs is 1. The zero-order valence-corrected chi connectivity index (χ0v) is 20.3. The molecule has 170 valence electrons. The molecule has 0 bridgehead atoms. The molecule has 2 heterocycles. The molecule has 1 unspecified atom stereocenters. The molecular weight excluding hydrogens is 506 g/mol. The summed E-state index contributed by atoms with van der Waals surface area (Å²) in [4.78, 5) is 17.0. The second-order valence-corrected chi connectivity index (χ2v) is 8.64. The van der Waals surface area contributed by atoms with E-state index in [0.29, 0.717) is 29.5 Å². The van der Waals surface area contributed by atoms with Crippen molar-refractivity contribution in [3.63, 3.8) is 0 Å². The fourth-order valence-corrected chi connectivity index (χ4v) is 3.87. The average Bonchev–Trinajstić information content (AvgIpc) is 3.20. The molecule has 0 fully saturated rings. The average molecular weight is 529 g/mol. The Morgan fingerprint density at radius 1 is 1.15 bits per heavy atom. The Bertz CT molecular complexity index is 1250. The molecule has 0 radical (unpaired) electrons. The van der Waals surface area contributed by atoms with Gasteiger partial charge in [0.25, 0.3) is 5.91 Å². The van der Waals surface area contributed by atoms with Crippen molar-refractivity contribution in [1.82, 2.24) is 19.9 Å². The Kier molecular flexibility index (Phi) is 7.47. The molecule has 7 nitrogen and oxygen atoms in total. The number of carbonyl (C=O) groups excluding carboxylic acids is 1. The molecule has 0 spiro atoms. The van der Waals surface area contributed by atoms with Gasteiger partial charge in [0.1, 0.15) is 11.6 Å². The minimum absolute atomic E-state index is 0.151. The number of aromatic nitrogens is 3. The molecule has 0 aliphatic rings. The molecule has 0 saturated heterocycles. The van der Waals surface area contributed by atoms with E-state index >= 15 is 0 Å². The number of carbonyl (C=O) groups is 1. The molecule has 0 aliphatic carbocycles. The quantitative estimate of drug-likeness (QED) is 0.292. The smallest absolute Gasteiger partial charge is 0.260 e. The van der Waals surface area contributed by atoms with Crippen molar-refractivity contribution in [3.8, 4) is 17.0 Å². The Hall–Kier alpha value is -3.10. The van der Waals surface area contributed by atoms with E-state index in [-0.39, 0.29) is 5.91 Å². The van der Waals surface area contributed by atoms with Crippen LogP contribution in [0, 0.1) is 0 Å². The normalized spacial score (nSPS) is 11.8. The number of nitrogens with one attached hydrogen (secondary N) is 2. The number of hydrogen-bond donors (Lipinski definition) is 2. The first-order valence-electron chi connectivity index (χ1n) is 10.6. The van der Waals surface area contributed by atoms with Crippen LogP contribution in [0.2, 0.25) is 5.02 Å². The first-order chi connectivity index (χ1) is 16.0. The van der Waals surface area contributed by atoms with Gasteiger partial charge in [-0.1, -0.05) is 48.0 Å². The second-order valence-electron chi connectivity index (χ2n) is 7.38. The number of amides is 1. The number of para-hydroxylation sites is 1. The van der Waals surface area contributed by atoms with Gasteiger partial charge in [0, 0.05) is 29.7 Å². The predicted molar refractivity (Wildman–Crippen MR) is 134 cm³/mol. The Balaban J connectivity index is 1.35. The SMILES string of the molecule is CC(Oc1ccccc1)C(=O)NCCCNc1cc(-c2ccccc2Cl)nc2c(Br)cnn12. The van der Waals surface area contributed by atoms with E-state index in [1.54, 1.807) is 17.6 Å². The molecule has 1 atom stereocenters.